The Kier molecular flexibility index (Phi) is 23.3. The van der Waals surface area contributed by atoms with Crippen LogP contribution in [0.5, 0.6) is 5.75 Å². The van der Waals surface area contributed by atoms with Crippen molar-refractivity contribution in [2.45, 2.75) is 127 Å². The molecular weight excluding hydrogens is 927 g/mol. The number of imide groups is 1. The fourth-order valence-electron chi connectivity index (χ4n) is 7.33. The Morgan fingerprint density at radius 2 is 1.54 bits per heavy atom. The zero-order valence-electron chi connectivity index (χ0n) is 39.1. The number of benzene rings is 1. The maximum absolute atomic E-state index is 14.4. The number of aliphatic hydroxyl groups is 1. The Bertz CT molecular complexity index is 1960. The first-order valence-corrected chi connectivity index (χ1v) is 25.0. The summed E-state index contributed by atoms with van der Waals surface area (Å²) in [4.78, 5) is 137. The topological polar surface area (TPSA) is 357 Å². The predicted octanol–water partition coefficient (Wildman–Crippen LogP) is -2.11. The number of nitrogens with one attached hydrogen (secondary N) is 6. The standard InChI is InChI=1S/C43H67N11O12S2/c1-6-23(3)34-39(61)52-35(24(4)55)40(62)49-29(21-32(45)56)36(58)50-30(42(64)54-18-9-11-31(54)38(60)48-27(10-8-17-44)41(63)53(5)43(46)65)22-68-67-19-16-33(57)47-28(37(59)51-34)20-25-12-14-26(15-13-25)66-7-2/h12-15,23-24,27-31,34-35,55H,6-11,16-22,44H2,1-5H3,(H2,45,56)(H2,46,65)(H,47,57)(H,48,60)(H,49,62)(H,50,58)(H,51,59)(H,52,61)/t23-,24+,27-,28+,29-,30+,31-,34-,35-/m0/s1. The molecule has 0 aliphatic carbocycles. The monoisotopic (exact) mass is 993 g/mol. The van der Waals surface area contributed by atoms with Crippen LogP contribution in [-0.2, 0) is 49.6 Å². The fraction of sp³-hybridized carbons (Fsp3) is 0.628. The molecule has 378 valence electrons. The lowest BCUT2D eigenvalue weighted by Crippen LogP contribution is -2.63. The number of rotatable bonds is 16. The van der Waals surface area contributed by atoms with Crippen LogP contribution in [0.3, 0.4) is 0 Å². The second-order valence-electron chi connectivity index (χ2n) is 16.6. The summed E-state index contributed by atoms with van der Waals surface area (Å²) in [6.07, 6.45) is -1.18. The number of likely N-dealkylation sites (tertiary alicyclic amines) is 1. The van der Waals surface area contributed by atoms with Crippen molar-refractivity contribution in [3.8, 4) is 5.75 Å². The number of nitrogens with two attached hydrogens (primary N) is 3. The lowest BCUT2D eigenvalue weighted by molar-refractivity contribution is -0.142. The molecule has 2 heterocycles. The van der Waals surface area contributed by atoms with Crippen molar-refractivity contribution in [1.29, 1.82) is 0 Å². The van der Waals surface area contributed by atoms with Gasteiger partial charge in [0.15, 0.2) is 0 Å². The lowest BCUT2D eigenvalue weighted by atomic mass is 9.96. The van der Waals surface area contributed by atoms with Gasteiger partial charge in [0.2, 0.25) is 47.3 Å². The van der Waals surface area contributed by atoms with E-state index in [0.717, 1.165) is 28.6 Å². The average Bonchev–Trinajstić information content (AvgIpc) is 3.79. The Labute approximate surface area is 403 Å². The third-order valence-electron chi connectivity index (χ3n) is 11.4. The second kappa shape index (κ2) is 28.0. The average molecular weight is 994 g/mol. The van der Waals surface area contributed by atoms with Gasteiger partial charge < -0.3 is 63.8 Å². The molecule has 68 heavy (non-hydrogen) atoms. The highest BCUT2D eigenvalue weighted by Crippen LogP contribution is 2.26. The lowest BCUT2D eigenvalue weighted by Gasteiger charge is -2.31. The smallest absolute Gasteiger partial charge is 0.321 e. The van der Waals surface area contributed by atoms with Crippen LogP contribution < -0.4 is 53.8 Å². The first-order chi connectivity index (χ1) is 32.2. The van der Waals surface area contributed by atoms with Crippen molar-refractivity contribution in [1.82, 2.24) is 41.7 Å². The van der Waals surface area contributed by atoms with Crippen LogP contribution >= 0.6 is 21.6 Å². The number of primary amides is 2. The molecule has 2 aliphatic heterocycles. The highest BCUT2D eigenvalue weighted by Gasteiger charge is 2.41. The van der Waals surface area contributed by atoms with E-state index < -0.39 is 120 Å². The van der Waals surface area contributed by atoms with Gasteiger partial charge in [-0.25, -0.2) is 4.79 Å². The van der Waals surface area contributed by atoms with E-state index in [1.165, 1.54) is 11.8 Å². The van der Waals surface area contributed by atoms with Gasteiger partial charge in [0.25, 0.3) is 5.91 Å². The molecule has 1 aromatic carbocycles. The number of urea groups is 1. The zero-order chi connectivity index (χ0) is 50.7. The molecule has 25 heteroatoms. The summed E-state index contributed by atoms with van der Waals surface area (Å²) in [6, 6.07) is -3.80. The molecule has 0 radical (unpaired) electrons. The van der Waals surface area contributed by atoms with Crippen molar-refractivity contribution in [3.05, 3.63) is 29.8 Å². The minimum absolute atomic E-state index is 0.0226. The van der Waals surface area contributed by atoms with Crippen molar-refractivity contribution in [2.24, 2.45) is 23.1 Å². The van der Waals surface area contributed by atoms with Crippen molar-refractivity contribution in [2.75, 3.05) is 38.2 Å². The van der Waals surface area contributed by atoms with E-state index in [-0.39, 0.29) is 50.3 Å². The summed E-state index contributed by atoms with van der Waals surface area (Å²) in [6.45, 7) is 7.15. The number of nitrogens with zero attached hydrogens (tertiary/aromatic N) is 2. The summed E-state index contributed by atoms with van der Waals surface area (Å²) >= 11 is 0. The van der Waals surface area contributed by atoms with Crippen LogP contribution in [0, 0.1) is 5.92 Å². The summed E-state index contributed by atoms with van der Waals surface area (Å²) < 4.78 is 5.53. The van der Waals surface area contributed by atoms with Gasteiger partial charge in [-0.1, -0.05) is 54.0 Å². The molecule has 23 nitrogen and oxygen atoms in total. The van der Waals surface area contributed by atoms with E-state index in [4.69, 9.17) is 21.9 Å². The number of aliphatic hydroxyl groups excluding tert-OH is 1. The molecule has 0 saturated carbocycles. The summed E-state index contributed by atoms with van der Waals surface area (Å²) in [7, 11) is 3.41. The molecule has 0 spiro atoms. The number of hydrogen-bond acceptors (Lipinski definition) is 15. The molecule has 2 fully saturated rings. The number of likely N-dealkylation sites (N-methyl/N-ethyl adjacent to an activating group) is 1. The molecule has 9 atom stereocenters. The summed E-state index contributed by atoms with van der Waals surface area (Å²) in [5, 5.41) is 26.3. The molecule has 0 bridgehead atoms. The molecular formula is C43H67N11O12S2. The maximum atomic E-state index is 14.4. The third-order valence-corrected chi connectivity index (χ3v) is 13.8. The molecule has 11 amide bonds. The van der Waals surface area contributed by atoms with Gasteiger partial charge in [0.1, 0.15) is 48.0 Å². The Hall–Kier alpha value is -5.66. The number of carbonyl (C=O) groups is 10. The van der Waals surface area contributed by atoms with Crippen LogP contribution in [0.4, 0.5) is 4.79 Å². The van der Waals surface area contributed by atoms with Crippen LogP contribution in [0.25, 0.3) is 0 Å². The molecule has 1 aromatic rings. The van der Waals surface area contributed by atoms with Crippen LogP contribution in [0.1, 0.15) is 78.2 Å². The molecule has 2 saturated heterocycles. The van der Waals surface area contributed by atoms with E-state index in [0.29, 0.717) is 42.1 Å². The van der Waals surface area contributed by atoms with Crippen molar-refractivity contribution < 1.29 is 57.8 Å². The van der Waals surface area contributed by atoms with E-state index in [9.17, 15) is 53.1 Å². The Morgan fingerprint density at radius 1 is 0.897 bits per heavy atom. The minimum atomic E-state index is -1.74. The SMILES string of the molecule is CCOc1ccc(C[C@H]2NC(=O)CCSSC[C@H](C(=O)N3CCC[C@H]3C(=O)N[C@@H](CCCN)C(=O)N(C)C(N)=O)NC(=O)[C@H](CC(N)=O)NC(=O)[C@H]([C@@H](C)O)NC(=O)[C@H]([C@@H](C)CC)NC2=O)cc1. The molecule has 0 aromatic heterocycles. The first kappa shape index (κ1) is 56.7. The van der Waals surface area contributed by atoms with Crippen LogP contribution in [0.2, 0.25) is 0 Å². The minimum Gasteiger partial charge on any atom is -0.494 e. The number of hydrogen-bond donors (Lipinski definition) is 10. The molecule has 2 aliphatic rings. The van der Waals surface area contributed by atoms with Gasteiger partial charge in [0, 0.05) is 37.9 Å². The second-order valence-corrected chi connectivity index (χ2v) is 19.2. The molecule has 13 N–H and O–H groups in total. The van der Waals surface area contributed by atoms with E-state index >= 15 is 0 Å². The molecule has 3 rings (SSSR count). The Morgan fingerprint density at radius 3 is 2.15 bits per heavy atom. The van der Waals surface area contributed by atoms with E-state index in [1.807, 2.05) is 6.92 Å². The van der Waals surface area contributed by atoms with E-state index in [1.54, 1.807) is 38.1 Å². The normalized spacial score (nSPS) is 23.8. The van der Waals surface area contributed by atoms with Gasteiger partial charge in [0.05, 0.1) is 19.1 Å². The van der Waals surface area contributed by atoms with Gasteiger partial charge in [-0.15, -0.1) is 0 Å². The van der Waals surface area contributed by atoms with Gasteiger partial charge in [-0.3, -0.25) is 48.1 Å². The van der Waals surface area contributed by atoms with Gasteiger partial charge in [-0.2, -0.15) is 0 Å². The highest BCUT2D eigenvalue weighted by molar-refractivity contribution is 8.76. The quantitative estimate of drug-likeness (QED) is 0.0793. The van der Waals surface area contributed by atoms with Gasteiger partial charge in [-0.05, 0) is 69.7 Å². The summed E-state index contributed by atoms with van der Waals surface area (Å²) in [5.74, 6) is -7.44. The first-order valence-electron chi connectivity index (χ1n) is 22.5. The zero-order valence-corrected chi connectivity index (χ0v) is 40.7. The van der Waals surface area contributed by atoms with E-state index in [2.05, 4.69) is 31.9 Å². The third kappa shape index (κ3) is 17.1. The largest absolute Gasteiger partial charge is 0.494 e. The van der Waals surface area contributed by atoms with Gasteiger partial charge >= 0.3 is 6.03 Å². The Balaban J connectivity index is 2.00. The van der Waals surface area contributed by atoms with Crippen molar-refractivity contribution in [3.63, 3.8) is 0 Å². The fourth-order valence-corrected chi connectivity index (χ4v) is 9.47. The predicted molar refractivity (Wildman–Crippen MR) is 253 cm³/mol. The number of carbonyl (C=O) groups excluding carboxylic acids is 10. The summed E-state index contributed by atoms with van der Waals surface area (Å²) in [5.41, 5.74) is 17.1. The maximum Gasteiger partial charge on any atom is 0.321 e. The molecule has 0 unspecified atom stereocenters. The van der Waals surface area contributed by atoms with Crippen LogP contribution in [-0.4, -0.2) is 161 Å². The number of amides is 11. The van der Waals surface area contributed by atoms with Crippen LogP contribution in [0.15, 0.2) is 24.3 Å². The highest BCUT2D eigenvalue weighted by atomic mass is 33.1. The number of ether oxygens (including phenoxy) is 1. The van der Waals surface area contributed by atoms with Crippen molar-refractivity contribution >= 4 is 80.8 Å².